The van der Waals surface area contributed by atoms with Gasteiger partial charge in [0.15, 0.2) is 0 Å². The van der Waals surface area contributed by atoms with E-state index in [1.165, 1.54) is 0 Å². The molecule has 1 aliphatic carbocycles. The predicted molar refractivity (Wildman–Crippen MR) is 86.5 cm³/mol. The van der Waals surface area contributed by atoms with Crippen LogP contribution < -0.4 is 16.8 Å². The number of aryl methyl sites for hydroxylation is 2. The summed E-state index contributed by atoms with van der Waals surface area (Å²) in [6.45, 7) is 3.77. The van der Waals surface area contributed by atoms with Crippen molar-refractivity contribution in [1.29, 1.82) is 0 Å². The summed E-state index contributed by atoms with van der Waals surface area (Å²) in [6, 6.07) is 2.30. The van der Waals surface area contributed by atoms with Crippen LogP contribution in [0.3, 0.4) is 0 Å². The lowest BCUT2D eigenvalue weighted by Crippen LogP contribution is -2.35. The first kappa shape index (κ1) is 14.8. The van der Waals surface area contributed by atoms with Crippen molar-refractivity contribution in [3.05, 3.63) is 30.0 Å². The van der Waals surface area contributed by atoms with E-state index in [0.29, 0.717) is 17.9 Å². The number of nitrogen functional groups attached to an aromatic ring is 1. The van der Waals surface area contributed by atoms with Crippen LogP contribution in [0.5, 0.6) is 0 Å². The average molecular weight is 301 g/mol. The van der Waals surface area contributed by atoms with Gasteiger partial charge in [-0.3, -0.25) is 0 Å². The summed E-state index contributed by atoms with van der Waals surface area (Å²) in [5, 5.41) is 3.33. The van der Waals surface area contributed by atoms with Gasteiger partial charge in [0.25, 0.3) is 0 Å². The second-order valence-electron chi connectivity index (χ2n) is 5.91. The molecule has 0 aromatic carbocycles. The molecule has 7 nitrogen and oxygen atoms in total. The molecule has 1 fully saturated rings. The molecule has 0 aliphatic heterocycles. The zero-order valence-corrected chi connectivity index (χ0v) is 12.9. The van der Waals surface area contributed by atoms with Crippen LogP contribution in [0.25, 0.3) is 0 Å². The van der Waals surface area contributed by atoms with Crippen LogP contribution in [-0.2, 0) is 6.54 Å². The second kappa shape index (κ2) is 6.31. The molecule has 1 aliphatic rings. The summed E-state index contributed by atoms with van der Waals surface area (Å²) in [5.74, 6) is 2.58. The lowest BCUT2D eigenvalue weighted by Gasteiger charge is -2.32. The second-order valence-corrected chi connectivity index (χ2v) is 5.91. The number of anilines is 2. The maximum Gasteiger partial charge on any atom is 0.222 e. The van der Waals surface area contributed by atoms with Gasteiger partial charge in [0.2, 0.25) is 5.95 Å². The van der Waals surface area contributed by atoms with Gasteiger partial charge in [-0.2, -0.15) is 4.98 Å². The Morgan fingerprint density at radius 2 is 2.18 bits per heavy atom. The Morgan fingerprint density at radius 3 is 2.86 bits per heavy atom. The summed E-state index contributed by atoms with van der Waals surface area (Å²) in [6.07, 6.45) is 6.77. The van der Waals surface area contributed by atoms with Crippen molar-refractivity contribution in [3.8, 4) is 0 Å². The van der Waals surface area contributed by atoms with E-state index >= 15 is 0 Å². The van der Waals surface area contributed by atoms with E-state index in [1.54, 1.807) is 0 Å². The molecule has 7 heteroatoms. The van der Waals surface area contributed by atoms with Crippen LogP contribution in [0.4, 0.5) is 11.8 Å². The maximum atomic E-state index is 5.84. The van der Waals surface area contributed by atoms with E-state index in [-0.39, 0.29) is 0 Å². The van der Waals surface area contributed by atoms with Crippen LogP contribution in [0.15, 0.2) is 18.5 Å². The summed E-state index contributed by atoms with van der Waals surface area (Å²) in [7, 11) is 0. The van der Waals surface area contributed by atoms with E-state index in [4.69, 9.17) is 11.5 Å². The molecule has 2 aromatic heterocycles. The number of aromatic nitrogens is 4. The third-order valence-corrected chi connectivity index (χ3v) is 4.16. The quantitative estimate of drug-likeness (QED) is 0.693. The lowest BCUT2D eigenvalue weighted by molar-refractivity contribution is 0.345. The van der Waals surface area contributed by atoms with Gasteiger partial charge >= 0.3 is 0 Å². The fourth-order valence-corrected chi connectivity index (χ4v) is 2.79. The normalized spacial score (nSPS) is 20.6. The smallest absolute Gasteiger partial charge is 0.222 e. The topological polar surface area (TPSA) is 108 Å². The Balaban J connectivity index is 1.52. The van der Waals surface area contributed by atoms with Gasteiger partial charge in [0, 0.05) is 43.5 Å². The molecule has 2 aromatic rings. The molecule has 0 atom stereocenters. The van der Waals surface area contributed by atoms with Gasteiger partial charge in [0.1, 0.15) is 11.6 Å². The van der Waals surface area contributed by atoms with E-state index in [1.807, 2.05) is 25.4 Å². The number of nitrogens with zero attached hydrogens (tertiary/aromatic N) is 4. The molecule has 3 rings (SSSR count). The van der Waals surface area contributed by atoms with Crippen molar-refractivity contribution < 1.29 is 0 Å². The number of nitrogens with two attached hydrogens (primary N) is 2. The average Bonchev–Trinajstić information content (AvgIpc) is 2.85. The highest BCUT2D eigenvalue weighted by Crippen LogP contribution is 2.35. The van der Waals surface area contributed by atoms with Crippen LogP contribution >= 0.6 is 0 Å². The molecule has 0 unspecified atom stereocenters. The Bertz CT molecular complexity index is 631. The van der Waals surface area contributed by atoms with Crippen molar-refractivity contribution in [1.82, 2.24) is 19.5 Å². The predicted octanol–water partition coefficient (Wildman–Crippen LogP) is 1.27. The summed E-state index contributed by atoms with van der Waals surface area (Å²) in [4.78, 5) is 12.8. The van der Waals surface area contributed by atoms with Crippen molar-refractivity contribution in [3.63, 3.8) is 0 Å². The Hall–Kier alpha value is -2.15. The highest BCUT2D eigenvalue weighted by molar-refractivity contribution is 5.41. The van der Waals surface area contributed by atoms with E-state index < -0.39 is 0 Å². The number of imidazole rings is 1. The fourth-order valence-electron chi connectivity index (χ4n) is 2.79. The van der Waals surface area contributed by atoms with Crippen molar-refractivity contribution in [2.24, 2.45) is 5.73 Å². The molecule has 2 heterocycles. The summed E-state index contributed by atoms with van der Waals surface area (Å²) in [5.41, 5.74) is 12.6. The molecule has 0 amide bonds. The monoisotopic (exact) mass is 301 g/mol. The van der Waals surface area contributed by atoms with E-state index in [9.17, 15) is 0 Å². The Labute approximate surface area is 130 Å². The molecule has 0 saturated heterocycles. The Morgan fingerprint density at radius 1 is 1.36 bits per heavy atom. The highest BCUT2D eigenvalue weighted by atomic mass is 15.1. The minimum absolute atomic E-state index is 0.302. The van der Waals surface area contributed by atoms with Gasteiger partial charge < -0.3 is 21.4 Å². The zero-order valence-electron chi connectivity index (χ0n) is 12.9. The van der Waals surface area contributed by atoms with Crippen molar-refractivity contribution in [2.75, 3.05) is 17.6 Å². The van der Waals surface area contributed by atoms with E-state index in [2.05, 4.69) is 24.8 Å². The molecule has 0 spiro atoms. The van der Waals surface area contributed by atoms with Gasteiger partial charge in [-0.1, -0.05) is 0 Å². The number of rotatable bonds is 6. The number of hydrogen-bond donors (Lipinski definition) is 3. The fraction of sp³-hybridized carbons (Fsp3) is 0.533. The minimum atomic E-state index is 0.302. The zero-order chi connectivity index (χ0) is 15.5. The van der Waals surface area contributed by atoms with Crippen molar-refractivity contribution >= 4 is 11.8 Å². The van der Waals surface area contributed by atoms with Gasteiger partial charge in [-0.15, -0.1) is 0 Å². The molecule has 22 heavy (non-hydrogen) atoms. The SMILES string of the molecule is Cc1nccn1CCCNc1cc(C2CC(N)C2)nc(N)n1. The lowest BCUT2D eigenvalue weighted by atomic mass is 9.78. The third kappa shape index (κ3) is 3.36. The third-order valence-electron chi connectivity index (χ3n) is 4.16. The van der Waals surface area contributed by atoms with Crippen molar-refractivity contribution in [2.45, 2.75) is 44.7 Å². The molecule has 5 N–H and O–H groups in total. The van der Waals surface area contributed by atoms with E-state index in [0.717, 1.165) is 49.7 Å². The largest absolute Gasteiger partial charge is 0.370 e. The molecular weight excluding hydrogens is 278 g/mol. The van der Waals surface area contributed by atoms with Crippen LogP contribution in [0.2, 0.25) is 0 Å². The standard InChI is InChI=1S/C15H23N7/c1-10-18-4-6-22(10)5-2-3-19-14-9-13(20-15(17)21-14)11-7-12(16)8-11/h4,6,9,11-12H,2-3,5,7-8,16H2,1H3,(H3,17,19,20,21). The highest BCUT2D eigenvalue weighted by Gasteiger charge is 2.29. The van der Waals surface area contributed by atoms with Gasteiger partial charge in [-0.05, 0) is 26.2 Å². The first-order valence-electron chi connectivity index (χ1n) is 7.73. The molecule has 118 valence electrons. The number of hydrogen-bond acceptors (Lipinski definition) is 6. The minimum Gasteiger partial charge on any atom is -0.370 e. The summed E-state index contributed by atoms with van der Waals surface area (Å²) >= 11 is 0. The van der Waals surface area contributed by atoms with Gasteiger partial charge in [0.05, 0.1) is 5.69 Å². The van der Waals surface area contributed by atoms with Crippen LogP contribution in [-0.4, -0.2) is 32.1 Å². The molecular formula is C15H23N7. The number of nitrogens with one attached hydrogen (secondary N) is 1. The molecule has 0 bridgehead atoms. The maximum absolute atomic E-state index is 5.84. The Kier molecular flexibility index (Phi) is 4.24. The molecule has 0 radical (unpaired) electrons. The molecule has 1 saturated carbocycles. The first-order chi connectivity index (χ1) is 10.6. The summed E-state index contributed by atoms with van der Waals surface area (Å²) < 4.78 is 2.14. The van der Waals surface area contributed by atoms with Crippen LogP contribution in [0, 0.1) is 6.92 Å². The van der Waals surface area contributed by atoms with Crippen LogP contribution in [0.1, 0.15) is 36.7 Å². The first-order valence-corrected chi connectivity index (χ1v) is 7.73. The van der Waals surface area contributed by atoms with Gasteiger partial charge in [-0.25, -0.2) is 9.97 Å².